The van der Waals surface area contributed by atoms with Crippen LogP contribution in [0, 0.1) is 0 Å². The SMILES string of the molecule is CN=C(NCCc1ccc(NC(C)=O)cc1)NCC(C)c1ccsc1. The zero-order valence-corrected chi connectivity index (χ0v) is 15.8. The lowest BCUT2D eigenvalue weighted by atomic mass is 10.1. The largest absolute Gasteiger partial charge is 0.356 e. The predicted molar refractivity (Wildman–Crippen MR) is 107 cm³/mol. The van der Waals surface area contributed by atoms with E-state index in [0.717, 1.165) is 31.2 Å². The molecule has 1 aromatic heterocycles. The molecule has 1 aromatic carbocycles. The van der Waals surface area contributed by atoms with Gasteiger partial charge in [-0.05, 0) is 52.4 Å². The smallest absolute Gasteiger partial charge is 0.221 e. The van der Waals surface area contributed by atoms with E-state index in [1.54, 1.807) is 18.4 Å². The number of guanidine groups is 1. The lowest BCUT2D eigenvalue weighted by Crippen LogP contribution is -2.39. The Kier molecular flexibility index (Phi) is 7.47. The number of amides is 1. The highest BCUT2D eigenvalue weighted by molar-refractivity contribution is 7.07. The van der Waals surface area contributed by atoms with Gasteiger partial charge in [-0.2, -0.15) is 11.3 Å². The highest BCUT2D eigenvalue weighted by Crippen LogP contribution is 2.17. The summed E-state index contributed by atoms with van der Waals surface area (Å²) in [5.74, 6) is 1.21. The number of nitrogens with one attached hydrogen (secondary N) is 3. The van der Waals surface area contributed by atoms with Gasteiger partial charge in [-0.25, -0.2) is 0 Å². The molecule has 0 spiro atoms. The van der Waals surface area contributed by atoms with Crippen LogP contribution in [0.15, 0.2) is 46.1 Å². The van der Waals surface area contributed by atoms with Crippen molar-refractivity contribution in [2.75, 3.05) is 25.5 Å². The van der Waals surface area contributed by atoms with Gasteiger partial charge < -0.3 is 16.0 Å². The summed E-state index contributed by atoms with van der Waals surface area (Å²) in [5, 5.41) is 13.8. The highest BCUT2D eigenvalue weighted by Gasteiger charge is 2.07. The van der Waals surface area contributed by atoms with Crippen LogP contribution in [0.2, 0.25) is 0 Å². The summed E-state index contributed by atoms with van der Waals surface area (Å²) >= 11 is 1.73. The van der Waals surface area contributed by atoms with E-state index in [-0.39, 0.29) is 5.91 Å². The van der Waals surface area contributed by atoms with Crippen molar-refractivity contribution in [3.63, 3.8) is 0 Å². The monoisotopic (exact) mass is 358 g/mol. The van der Waals surface area contributed by atoms with Crippen LogP contribution in [-0.4, -0.2) is 32.0 Å². The molecule has 134 valence electrons. The number of hydrogen-bond donors (Lipinski definition) is 3. The molecule has 0 aliphatic heterocycles. The molecule has 0 saturated carbocycles. The van der Waals surface area contributed by atoms with E-state index in [1.165, 1.54) is 18.1 Å². The number of rotatable bonds is 7. The molecule has 3 N–H and O–H groups in total. The molecule has 0 saturated heterocycles. The van der Waals surface area contributed by atoms with Gasteiger partial charge in [0.15, 0.2) is 5.96 Å². The first-order valence-corrected chi connectivity index (χ1v) is 9.36. The van der Waals surface area contributed by atoms with Crippen molar-refractivity contribution < 1.29 is 4.79 Å². The van der Waals surface area contributed by atoms with Gasteiger partial charge in [-0.15, -0.1) is 0 Å². The Hall–Kier alpha value is -2.34. The van der Waals surface area contributed by atoms with Crippen molar-refractivity contribution in [1.29, 1.82) is 0 Å². The summed E-state index contributed by atoms with van der Waals surface area (Å²) in [6.07, 6.45) is 0.890. The maximum atomic E-state index is 11.0. The van der Waals surface area contributed by atoms with Crippen LogP contribution in [0.5, 0.6) is 0 Å². The van der Waals surface area contributed by atoms with Gasteiger partial charge in [-0.3, -0.25) is 9.79 Å². The molecule has 25 heavy (non-hydrogen) atoms. The summed E-state index contributed by atoms with van der Waals surface area (Å²) in [6, 6.07) is 10.1. The second-order valence-electron chi connectivity index (χ2n) is 5.97. The molecular formula is C19H26N4OS. The van der Waals surface area contributed by atoms with Gasteiger partial charge in [0.25, 0.3) is 0 Å². The average Bonchev–Trinajstić information content (AvgIpc) is 3.13. The Labute approximate surface area is 153 Å². The number of hydrogen-bond acceptors (Lipinski definition) is 3. The molecule has 0 fully saturated rings. The van der Waals surface area contributed by atoms with Crippen molar-refractivity contribution in [2.45, 2.75) is 26.2 Å². The molecule has 1 heterocycles. The van der Waals surface area contributed by atoms with Crippen LogP contribution in [0.4, 0.5) is 5.69 Å². The van der Waals surface area contributed by atoms with Crippen molar-refractivity contribution in [3.05, 3.63) is 52.2 Å². The Morgan fingerprint density at radius 3 is 2.56 bits per heavy atom. The Morgan fingerprint density at radius 1 is 1.20 bits per heavy atom. The number of anilines is 1. The fourth-order valence-electron chi connectivity index (χ4n) is 2.43. The lowest BCUT2D eigenvalue weighted by molar-refractivity contribution is -0.114. The number of thiophene rings is 1. The molecule has 0 aliphatic carbocycles. The number of carbonyl (C=O) groups is 1. The van der Waals surface area contributed by atoms with Crippen LogP contribution in [0.25, 0.3) is 0 Å². The first-order chi connectivity index (χ1) is 12.1. The second-order valence-corrected chi connectivity index (χ2v) is 6.75. The van der Waals surface area contributed by atoms with Gasteiger partial charge in [-0.1, -0.05) is 19.1 Å². The minimum atomic E-state index is -0.0547. The molecule has 5 nitrogen and oxygen atoms in total. The molecular weight excluding hydrogens is 332 g/mol. The van der Waals surface area contributed by atoms with Gasteiger partial charge >= 0.3 is 0 Å². The van der Waals surface area contributed by atoms with E-state index in [9.17, 15) is 4.79 Å². The minimum Gasteiger partial charge on any atom is -0.356 e. The first kappa shape index (κ1) is 19.0. The summed E-state index contributed by atoms with van der Waals surface area (Å²) in [5.41, 5.74) is 3.39. The van der Waals surface area contributed by atoms with Crippen LogP contribution in [0.3, 0.4) is 0 Å². The van der Waals surface area contributed by atoms with Crippen molar-refractivity contribution in [3.8, 4) is 0 Å². The van der Waals surface area contributed by atoms with Crippen molar-refractivity contribution in [2.24, 2.45) is 4.99 Å². The number of benzene rings is 1. The summed E-state index contributed by atoms with van der Waals surface area (Å²) in [4.78, 5) is 15.3. The Bertz CT molecular complexity index is 680. The van der Waals surface area contributed by atoms with E-state index in [2.05, 4.69) is 44.7 Å². The molecule has 2 aromatic rings. The standard InChI is InChI=1S/C19H26N4OS/c1-14(17-9-11-25-13-17)12-22-19(20-3)21-10-8-16-4-6-18(7-5-16)23-15(2)24/h4-7,9,11,13-14H,8,10,12H2,1-3H3,(H,23,24)(H2,20,21,22). The Balaban J connectivity index is 1.72. The zero-order chi connectivity index (χ0) is 18.1. The second kappa shape index (κ2) is 9.84. The van der Waals surface area contributed by atoms with Gasteiger partial charge in [0.2, 0.25) is 5.91 Å². The lowest BCUT2D eigenvalue weighted by Gasteiger charge is -2.15. The summed E-state index contributed by atoms with van der Waals surface area (Å²) < 4.78 is 0. The molecule has 2 rings (SSSR count). The van der Waals surface area contributed by atoms with E-state index in [4.69, 9.17) is 0 Å². The van der Waals surface area contributed by atoms with Crippen LogP contribution in [-0.2, 0) is 11.2 Å². The van der Waals surface area contributed by atoms with E-state index in [0.29, 0.717) is 5.92 Å². The van der Waals surface area contributed by atoms with E-state index in [1.807, 2.05) is 24.3 Å². The minimum absolute atomic E-state index is 0.0547. The van der Waals surface area contributed by atoms with Crippen LogP contribution in [0.1, 0.15) is 30.9 Å². The van der Waals surface area contributed by atoms with Crippen LogP contribution >= 0.6 is 11.3 Å². The third-order valence-corrected chi connectivity index (χ3v) is 4.59. The number of aliphatic imine (C=N–C) groups is 1. The molecule has 1 amide bonds. The van der Waals surface area contributed by atoms with Crippen molar-refractivity contribution in [1.82, 2.24) is 10.6 Å². The highest BCUT2D eigenvalue weighted by atomic mass is 32.1. The van der Waals surface area contributed by atoms with Crippen molar-refractivity contribution >= 4 is 28.9 Å². The average molecular weight is 359 g/mol. The molecule has 1 atom stereocenters. The molecule has 1 unspecified atom stereocenters. The fraction of sp³-hybridized carbons (Fsp3) is 0.368. The zero-order valence-electron chi connectivity index (χ0n) is 15.0. The third kappa shape index (κ3) is 6.58. The van der Waals surface area contributed by atoms with Gasteiger partial charge in [0, 0.05) is 32.7 Å². The summed E-state index contributed by atoms with van der Waals surface area (Å²) in [6.45, 7) is 5.36. The third-order valence-electron chi connectivity index (χ3n) is 3.89. The maximum Gasteiger partial charge on any atom is 0.221 e. The van der Waals surface area contributed by atoms with E-state index < -0.39 is 0 Å². The topological polar surface area (TPSA) is 65.5 Å². The molecule has 0 radical (unpaired) electrons. The Morgan fingerprint density at radius 2 is 1.96 bits per heavy atom. The quantitative estimate of drug-likeness (QED) is 0.526. The number of carbonyl (C=O) groups excluding carboxylic acids is 1. The summed E-state index contributed by atoms with van der Waals surface area (Å²) in [7, 11) is 1.78. The van der Waals surface area contributed by atoms with Crippen LogP contribution < -0.4 is 16.0 Å². The maximum absolute atomic E-state index is 11.0. The van der Waals surface area contributed by atoms with E-state index >= 15 is 0 Å². The first-order valence-electron chi connectivity index (χ1n) is 8.41. The normalized spacial score (nSPS) is 12.5. The fourth-order valence-corrected chi connectivity index (χ4v) is 3.21. The predicted octanol–water partition coefficient (Wildman–Crippen LogP) is 3.22. The number of nitrogens with zero attached hydrogens (tertiary/aromatic N) is 1. The van der Waals surface area contributed by atoms with Gasteiger partial charge in [0.1, 0.15) is 0 Å². The van der Waals surface area contributed by atoms with Gasteiger partial charge in [0.05, 0.1) is 0 Å². The molecule has 0 bridgehead atoms. The molecule has 0 aliphatic rings. The molecule has 6 heteroatoms.